The lowest BCUT2D eigenvalue weighted by Crippen LogP contribution is -2.43. The Bertz CT molecular complexity index is 1140. The van der Waals surface area contributed by atoms with Gasteiger partial charge < -0.3 is 26.0 Å². The Balaban J connectivity index is 1.22. The molecule has 0 radical (unpaired) electrons. The van der Waals surface area contributed by atoms with Crippen LogP contribution in [0.5, 0.6) is 11.5 Å². The number of likely N-dealkylation sites (tertiary alicyclic amines) is 1. The van der Waals surface area contributed by atoms with Crippen molar-refractivity contribution in [3.8, 4) is 11.5 Å². The maximum atomic E-state index is 8.88. The molecule has 1 aromatic heterocycles. The van der Waals surface area contributed by atoms with E-state index in [-0.39, 0.29) is 0 Å². The predicted octanol–water partition coefficient (Wildman–Crippen LogP) is 4.14. The topological polar surface area (TPSA) is 112 Å². The van der Waals surface area contributed by atoms with Gasteiger partial charge in [-0.25, -0.2) is 9.97 Å². The molecule has 8 heteroatoms. The Morgan fingerprint density at radius 1 is 0.972 bits per heavy atom. The van der Waals surface area contributed by atoms with Crippen molar-refractivity contribution in [2.45, 2.75) is 31.7 Å². The highest BCUT2D eigenvalue weighted by molar-refractivity contribution is 6.16. The molecule has 0 aliphatic carbocycles. The summed E-state index contributed by atoms with van der Waals surface area (Å²) in [6.07, 6.45) is 6.13. The largest absolute Gasteiger partial charge is 0.457 e. The summed E-state index contributed by atoms with van der Waals surface area (Å²) in [7, 11) is 0. The number of ether oxygens (including phenoxy) is 1. The van der Waals surface area contributed by atoms with Gasteiger partial charge in [0.05, 0.1) is 11.3 Å². The van der Waals surface area contributed by atoms with Crippen LogP contribution < -0.4 is 21.1 Å². The van der Waals surface area contributed by atoms with E-state index in [4.69, 9.17) is 15.9 Å². The molecule has 5 rings (SSSR count). The molecule has 36 heavy (non-hydrogen) atoms. The molecule has 0 atom stereocenters. The fraction of sp³-hybridized carbons (Fsp3) is 0.393. The molecule has 0 unspecified atom stereocenters. The van der Waals surface area contributed by atoms with Gasteiger partial charge in [0.25, 0.3) is 0 Å². The minimum absolute atomic E-state index is 0.296. The molecule has 3 heterocycles. The maximum absolute atomic E-state index is 8.88. The number of anilines is 2. The van der Waals surface area contributed by atoms with Gasteiger partial charge in [-0.1, -0.05) is 18.2 Å². The number of aromatic nitrogens is 2. The molecule has 5 N–H and O–H groups in total. The second-order valence-electron chi connectivity index (χ2n) is 9.71. The van der Waals surface area contributed by atoms with Crippen LogP contribution in [0.2, 0.25) is 0 Å². The number of nitrogens with one attached hydrogen (secondary N) is 3. The van der Waals surface area contributed by atoms with E-state index in [2.05, 4.69) is 25.5 Å². The third-order valence-electron chi connectivity index (χ3n) is 7.15. The molecule has 0 bridgehead atoms. The van der Waals surface area contributed by atoms with Crippen molar-refractivity contribution in [3.63, 3.8) is 0 Å². The first-order valence-corrected chi connectivity index (χ1v) is 12.9. The highest BCUT2D eigenvalue weighted by Crippen LogP contribution is 2.27. The van der Waals surface area contributed by atoms with Gasteiger partial charge in [-0.05, 0) is 81.1 Å². The van der Waals surface area contributed by atoms with Crippen LogP contribution in [-0.4, -0.2) is 59.3 Å². The monoisotopic (exact) mass is 485 g/mol. The molecule has 2 aliphatic rings. The van der Waals surface area contributed by atoms with Crippen molar-refractivity contribution in [1.82, 2.24) is 20.2 Å². The van der Waals surface area contributed by atoms with E-state index in [0.29, 0.717) is 34.7 Å². The van der Waals surface area contributed by atoms with Gasteiger partial charge >= 0.3 is 0 Å². The lowest BCUT2D eigenvalue weighted by molar-refractivity contribution is 0.171. The highest BCUT2D eigenvalue weighted by Gasteiger charge is 2.25. The summed E-state index contributed by atoms with van der Waals surface area (Å²) in [4.78, 5) is 11.3. The Hall–Kier alpha value is -3.49. The molecule has 188 valence electrons. The molecule has 0 saturated carbocycles. The molecule has 0 spiro atoms. The summed E-state index contributed by atoms with van der Waals surface area (Å²) in [6, 6.07) is 17.4. The zero-order chi connectivity index (χ0) is 24.7. The van der Waals surface area contributed by atoms with Crippen LogP contribution in [0, 0.1) is 11.3 Å². The first kappa shape index (κ1) is 24.2. The quantitative estimate of drug-likeness (QED) is 0.355. The van der Waals surface area contributed by atoms with E-state index < -0.39 is 0 Å². The number of nitrogen functional groups attached to an aromatic ring is 1. The number of rotatable bonds is 8. The lowest BCUT2D eigenvalue weighted by atomic mass is 9.95. The SMILES string of the molecule is N=C(c1ccc(Oc2ccccc2)cc1)c1c(N)ncnc1NC1CCN(CC2CCNCC2)CC1. The molecule has 2 aliphatic heterocycles. The fourth-order valence-corrected chi connectivity index (χ4v) is 5.10. The predicted molar refractivity (Wildman–Crippen MR) is 144 cm³/mol. The molecule has 2 fully saturated rings. The first-order chi connectivity index (χ1) is 17.7. The fourth-order valence-electron chi connectivity index (χ4n) is 5.10. The number of hydrogen-bond acceptors (Lipinski definition) is 8. The Morgan fingerprint density at radius 3 is 2.39 bits per heavy atom. The molecular formula is C28H35N7O. The first-order valence-electron chi connectivity index (χ1n) is 12.9. The van der Waals surface area contributed by atoms with Crippen molar-refractivity contribution in [2.24, 2.45) is 5.92 Å². The third kappa shape index (κ3) is 6.01. The van der Waals surface area contributed by atoms with Crippen molar-refractivity contribution in [3.05, 3.63) is 72.1 Å². The summed E-state index contributed by atoms with van der Waals surface area (Å²) >= 11 is 0. The molecular weight excluding hydrogens is 450 g/mol. The lowest BCUT2D eigenvalue weighted by Gasteiger charge is -2.36. The van der Waals surface area contributed by atoms with Crippen molar-refractivity contribution < 1.29 is 4.74 Å². The van der Waals surface area contributed by atoms with Crippen LogP contribution in [-0.2, 0) is 0 Å². The second kappa shape index (κ2) is 11.5. The minimum Gasteiger partial charge on any atom is -0.457 e. The van der Waals surface area contributed by atoms with Gasteiger partial charge in [-0.15, -0.1) is 0 Å². The normalized spacial score (nSPS) is 17.6. The molecule has 8 nitrogen and oxygen atoms in total. The molecule has 2 saturated heterocycles. The van der Waals surface area contributed by atoms with Crippen LogP contribution in [0.3, 0.4) is 0 Å². The van der Waals surface area contributed by atoms with E-state index in [9.17, 15) is 0 Å². The van der Waals surface area contributed by atoms with Gasteiger partial charge in [0.2, 0.25) is 0 Å². The second-order valence-corrected chi connectivity index (χ2v) is 9.71. The zero-order valence-corrected chi connectivity index (χ0v) is 20.6. The van der Waals surface area contributed by atoms with Gasteiger partial charge in [0, 0.05) is 31.2 Å². The Kier molecular flexibility index (Phi) is 7.73. The summed E-state index contributed by atoms with van der Waals surface area (Å²) in [5.41, 5.74) is 7.83. The summed E-state index contributed by atoms with van der Waals surface area (Å²) in [5, 5.41) is 15.9. The van der Waals surface area contributed by atoms with Crippen LogP contribution in [0.4, 0.5) is 11.6 Å². The minimum atomic E-state index is 0.296. The summed E-state index contributed by atoms with van der Waals surface area (Å²) in [5.74, 6) is 3.24. The van der Waals surface area contributed by atoms with E-state index in [0.717, 1.165) is 56.3 Å². The standard InChI is InChI=1S/C28H35N7O/c29-26(21-6-8-24(9-7-21)36-23-4-2-1-3-5-23)25-27(30)32-19-33-28(25)34-22-12-16-35(17-13-22)18-20-10-14-31-15-11-20/h1-9,19-20,22,29,31H,10-18H2,(H3,30,32,33,34). The van der Waals surface area contributed by atoms with Gasteiger partial charge in [-0.3, -0.25) is 5.41 Å². The number of nitrogens with two attached hydrogens (primary N) is 1. The Morgan fingerprint density at radius 2 is 1.67 bits per heavy atom. The zero-order valence-electron chi connectivity index (χ0n) is 20.6. The molecule has 2 aromatic carbocycles. The number of benzene rings is 2. The number of para-hydroxylation sites is 1. The van der Waals surface area contributed by atoms with Crippen LogP contribution in [0.25, 0.3) is 0 Å². The molecule has 3 aromatic rings. The van der Waals surface area contributed by atoms with Crippen molar-refractivity contribution in [2.75, 3.05) is 43.8 Å². The summed E-state index contributed by atoms with van der Waals surface area (Å²) in [6.45, 7) is 5.66. The van der Waals surface area contributed by atoms with Gasteiger partial charge in [0.15, 0.2) is 0 Å². The number of nitrogens with zero attached hydrogens (tertiary/aromatic N) is 3. The van der Waals surface area contributed by atoms with E-state index in [1.165, 1.54) is 25.7 Å². The van der Waals surface area contributed by atoms with Gasteiger partial charge in [0.1, 0.15) is 29.5 Å². The average molecular weight is 486 g/mol. The number of hydrogen-bond donors (Lipinski definition) is 4. The Labute approximate surface area is 212 Å². The van der Waals surface area contributed by atoms with E-state index >= 15 is 0 Å². The van der Waals surface area contributed by atoms with Crippen LogP contribution in [0.15, 0.2) is 60.9 Å². The van der Waals surface area contributed by atoms with Crippen LogP contribution in [0.1, 0.15) is 36.8 Å². The van der Waals surface area contributed by atoms with E-state index in [1.807, 2.05) is 54.6 Å². The molecule has 0 amide bonds. The van der Waals surface area contributed by atoms with Crippen molar-refractivity contribution >= 4 is 17.3 Å². The smallest absolute Gasteiger partial charge is 0.141 e. The van der Waals surface area contributed by atoms with Crippen molar-refractivity contribution in [1.29, 1.82) is 5.41 Å². The maximum Gasteiger partial charge on any atom is 0.141 e. The van der Waals surface area contributed by atoms with Gasteiger partial charge in [-0.2, -0.15) is 0 Å². The highest BCUT2D eigenvalue weighted by atomic mass is 16.5. The van der Waals surface area contributed by atoms with Crippen LogP contribution >= 0.6 is 0 Å². The third-order valence-corrected chi connectivity index (χ3v) is 7.15. The number of piperidine rings is 2. The summed E-state index contributed by atoms with van der Waals surface area (Å²) < 4.78 is 5.88. The average Bonchev–Trinajstić information content (AvgIpc) is 2.91. The van der Waals surface area contributed by atoms with E-state index in [1.54, 1.807) is 0 Å².